The van der Waals surface area contributed by atoms with Crippen LogP contribution in [0.25, 0.3) is 0 Å². The van der Waals surface area contributed by atoms with Crippen LogP contribution in [0.1, 0.15) is 29.6 Å². The van der Waals surface area contributed by atoms with Crippen molar-refractivity contribution in [3.8, 4) is 11.5 Å². The number of nitrogens with zero attached hydrogens (tertiary/aromatic N) is 1. The fourth-order valence-corrected chi connectivity index (χ4v) is 2.54. The highest BCUT2D eigenvalue weighted by Crippen LogP contribution is 2.26. The molecule has 3 nitrogen and oxygen atoms in total. The minimum absolute atomic E-state index is 0.262. The molecule has 0 radical (unpaired) electrons. The van der Waals surface area contributed by atoms with Crippen LogP contribution in [0.5, 0.6) is 11.5 Å². The van der Waals surface area contributed by atoms with Crippen LogP contribution in [0.15, 0.2) is 23.6 Å². The molecule has 0 aliphatic heterocycles. The van der Waals surface area contributed by atoms with E-state index < -0.39 is 0 Å². The molecule has 0 saturated carbocycles. The van der Waals surface area contributed by atoms with E-state index in [2.05, 4.69) is 11.9 Å². The summed E-state index contributed by atoms with van der Waals surface area (Å²) in [6.07, 6.45) is 2.13. The molecule has 0 fully saturated rings. The fourth-order valence-electron chi connectivity index (χ4n) is 1.65. The van der Waals surface area contributed by atoms with Crippen molar-refractivity contribution in [2.75, 3.05) is 0 Å². The lowest BCUT2D eigenvalue weighted by Gasteiger charge is -2.08. The van der Waals surface area contributed by atoms with Gasteiger partial charge in [0.15, 0.2) is 0 Å². The van der Waals surface area contributed by atoms with Gasteiger partial charge in [-0.25, -0.2) is 4.98 Å². The van der Waals surface area contributed by atoms with Crippen molar-refractivity contribution in [1.29, 1.82) is 0 Å². The van der Waals surface area contributed by atoms with Crippen LogP contribution in [0.3, 0.4) is 0 Å². The van der Waals surface area contributed by atoms with Crippen LogP contribution in [0.4, 0.5) is 0 Å². The van der Waals surface area contributed by atoms with E-state index >= 15 is 0 Å². The smallest absolute Gasteiger partial charge is 0.131 e. The van der Waals surface area contributed by atoms with Crippen LogP contribution in [-0.2, 0) is 13.0 Å². The largest absolute Gasteiger partial charge is 0.508 e. The summed E-state index contributed by atoms with van der Waals surface area (Å²) in [5.74, 6) is 0.970. The number of benzene rings is 1. The van der Waals surface area contributed by atoms with Gasteiger partial charge in [-0.15, -0.1) is 11.3 Å². The summed E-state index contributed by atoms with van der Waals surface area (Å²) in [7, 11) is 0. The van der Waals surface area contributed by atoms with E-state index in [1.54, 1.807) is 23.5 Å². The van der Waals surface area contributed by atoms with Crippen molar-refractivity contribution in [2.45, 2.75) is 33.3 Å². The summed E-state index contributed by atoms with van der Waals surface area (Å²) < 4.78 is 5.68. The van der Waals surface area contributed by atoms with Crippen LogP contribution in [-0.4, -0.2) is 10.1 Å². The molecule has 0 spiro atoms. The molecule has 0 atom stereocenters. The molecule has 4 heteroatoms. The zero-order chi connectivity index (χ0) is 13.0. The van der Waals surface area contributed by atoms with Crippen LogP contribution < -0.4 is 4.74 Å². The van der Waals surface area contributed by atoms with Gasteiger partial charge in [-0.3, -0.25) is 0 Å². The topological polar surface area (TPSA) is 42.4 Å². The summed E-state index contributed by atoms with van der Waals surface area (Å²) in [6, 6.07) is 5.29. The van der Waals surface area contributed by atoms with E-state index in [-0.39, 0.29) is 5.75 Å². The number of aromatic hydroxyl groups is 1. The highest BCUT2D eigenvalue weighted by atomic mass is 32.1. The molecule has 1 heterocycles. The number of hydrogen-bond acceptors (Lipinski definition) is 4. The first-order chi connectivity index (χ1) is 8.70. The van der Waals surface area contributed by atoms with E-state index in [1.807, 2.05) is 18.4 Å². The third-order valence-electron chi connectivity index (χ3n) is 2.69. The van der Waals surface area contributed by atoms with Crippen molar-refractivity contribution in [2.24, 2.45) is 0 Å². The number of thiazole rings is 1. The Balaban J connectivity index is 2.00. The predicted molar refractivity (Wildman–Crippen MR) is 73.3 cm³/mol. The van der Waals surface area contributed by atoms with Crippen LogP contribution >= 0.6 is 11.3 Å². The highest BCUT2D eigenvalue weighted by Gasteiger charge is 2.06. The van der Waals surface area contributed by atoms with Crippen molar-refractivity contribution >= 4 is 11.3 Å². The molecule has 0 saturated heterocycles. The maximum atomic E-state index is 9.58. The molecule has 1 aromatic carbocycles. The normalized spacial score (nSPS) is 10.6. The van der Waals surface area contributed by atoms with E-state index in [0.717, 1.165) is 29.1 Å². The molecule has 0 aliphatic rings. The number of ether oxygens (including phenoxy) is 1. The van der Waals surface area contributed by atoms with Gasteiger partial charge in [0.2, 0.25) is 0 Å². The number of phenols is 1. The standard InChI is InChI=1S/C14H17NO2S/c1-3-5-14-15-11(9-18-14)8-17-13-7-4-6-12(16)10(13)2/h4,6-7,9,16H,3,5,8H2,1-2H3. The average Bonchev–Trinajstić information content (AvgIpc) is 2.79. The second-order valence-electron chi connectivity index (χ2n) is 4.17. The first kappa shape index (κ1) is 12.9. The van der Waals surface area contributed by atoms with Gasteiger partial charge in [0, 0.05) is 10.9 Å². The van der Waals surface area contributed by atoms with Gasteiger partial charge in [0.1, 0.15) is 18.1 Å². The molecule has 1 N–H and O–H groups in total. The van der Waals surface area contributed by atoms with Gasteiger partial charge < -0.3 is 9.84 Å². The van der Waals surface area contributed by atoms with E-state index in [1.165, 1.54) is 0 Å². The van der Waals surface area contributed by atoms with Crippen molar-refractivity contribution in [1.82, 2.24) is 4.98 Å². The number of aromatic nitrogens is 1. The van der Waals surface area contributed by atoms with Gasteiger partial charge in [0.05, 0.1) is 10.7 Å². The molecular weight excluding hydrogens is 246 g/mol. The third kappa shape index (κ3) is 3.01. The Kier molecular flexibility index (Phi) is 4.20. The van der Waals surface area contributed by atoms with Gasteiger partial charge in [-0.05, 0) is 31.9 Å². The van der Waals surface area contributed by atoms with E-state index in [0.29, 0.717) is 12.4 Å². The van der Waals surface area contributed by atoms with Crippen LogP contribution in [0, 0.1) is 6.92 Å². The Labute approximate surface area is 111 Å². The zero-order valence-corrected chi connectivity index (χ0v) is 11.5. The van der Waals surface area contributed by atoms with Crippen molar-refractivity contribution in [3.63, 3.8) is 0 Å². The summed E-state index contributed by atoms with van der Waals surface area (Å²) in [4.78, 5) is 4.50. The van der Waals surface area contributed by atoms with E-state index in [4.69, 9.17) is 4.74 Å². The molecule has 2 aromatic rings. The maximum absolute atomic E-state index is 9.58. The Morgan fingerprint density at radius 2 is 2.22 bits per heavy atom. The lowest BCUT2D eigenvalue weighted by molar-refractivity contribution is 0.297. The van der Waals surface area contributed by atoms with E-state index in [9.17, 15) is 5.11 Å². The van der Waals surface area contributed by atoms with Gasteiger partial charge in [0.25, 0.3) is 0 Å². The third-order valence-corrected chi connectivity index (χ3v) is 3.65. The molecule has 0 unspecified atom stereocenters. The van der Waals surface area contributed by atoms with Crippen molar-refractivity contribution < 1.29 is 9.84 Å². The quantitative estimate of drug-likeness (QED) is 0.894. The molecule has 1 aromatic heterocycles. The minimum atomic E-state index is 0.262. The fraction of sp³-hybridized carbons (Fsp3) is 0.357. The average molecular weight is 263 g/mol. The molecule has 0 amide bonds. The summed E-state index contributed by atoms with van der Waals surface area (Å²) in [5.41, 5.74) is 1.72. The molecule has 2 rings (SSSR count). The number of rotatable bonds is 5. The first-order valence-electron chi connectivity index (χ1n) is 6.05. The van der Waals surface area contributed by atoms with Crippen LogP contribution in [0.2, 0.25) is 0 Å². The van der Waals surface area contributed by atoms with Gasteiger partial charge in [-0.1, -0.05) is 13.0 Å². The Hall–Kier alpha value is -1.55. The van der Waals surface area contributed by atoms with Gasteiger partial charge >= 0.3 is 0 Å². The SMILES string of the molecule is CCCc1nc(COc2cccc(O)c2C)cs1. The second-order valence-corrected chi connectivity index (χ2v) is 5.11. The lowest BCUT2D eigenvalue weighted by atomic mass is 10.2. The Bertz CT molecular complexity index is 522. The first-order valence-corrected chi connectivity index (χ1v) is 6.93. The minimum Gasteiger partial charge on any atom is -0.508 e. The summed E-state index contributed by atoms with van der Waals surface area (Å²) in [5, 5.41) is 12.8. The number of phenolic OH excluding ortho intramolecular Hbond substituents is 1. The monoisotopic (exact) mass is 263 g/mol. The summed E-state index contributed by atoms with van der Waals surface area (Å²) in [6.45, 7) is 4.44. The van der Waals surface area contributed by atoms with Gasteiger partial charge in [-0.2, -0.15) is 0 Å². The number of hydrogen-bond donors (Lipinski definition) is 1. The Morgan fingerprint density at radius 1 is 1.39 bits per heavy atom. The van der Waals surface area contributed by atoms with Crippen molar-refractivity contribution in [3.05, 3.63) is 39.8 Å². The zero-order valence-electron chi connectivity index (χ0n) is 10.6. The molecule has 96 valence electrons. The highest BCUT2D eigenvalue weighted by molar-refractivity contribution is 7.09. The molecule has 0 bridgehead atoms. The summed E-state index contributed by atoms with van der Waals surface area (Å²) >= 11 is 1.68. The Morgan fingerprint density at radius 3 is 3.00 bits per heavy atom. The predicted octanol–water partition coefficient (Wildman–Crippen LogP) is 3.69. The second kappa shape index (κ2) is 5.87. The molecule has 18 heavy (non-hydrogen) atoms. The maximum Gasteiger partial charge on any atom is 0.131 e. The molecular formula is C14H17NO2S. The number of aryl methyl sites for hydroxylation is 1. The molecule has 0 aliphatic carbocycles. The lowest BCUT2D eigenvalue weighted by Crippen LogP contribution is -1.97.